The van der Waals surface area contributed by atoms with Crippen LogP contribution in [0.5, 0.6) is 0 Å². The van der Waals surface area contributed by atoms with Gasteiger partial charge >= 0.3 is 0 Å². The molecule has 0 bridgehead atoms. The Labute approximate surface area is 266 Å². The van der Waals surface area contributed by atoms with E-state index in [4.69, 9.17) is 37.9 Å². The first-order valence-electron chi connectivity index (χ1n) is 14.3. The Bertz CT molecular complexity index is 2460. The summed E-state index contributed by atoms with van der Waals surface area (Å²) in [6.07, 6.45) is 6.03. The molecule has 8 heterocycles. The summed E-state index contributed by atoms with van der Waals surface area (Å²) in [5.74, 6) is 2.10. The van der Waals surface area contributed by atoms with Gasteiger partial charge in [-0.25, -0.2) is 15.0 Å². The number of rotatable bonds is 6. The molecular weight excluding hydrogens is 620 g/mol. The Balaban J connectivity index is 1.42. The molecule has 15 nitrogen and oxygen atoms in total. The third-order valence-corrected chi connectivity index (χ3v) is 8.73. The summed E-state index contributed by atoms with van der Waals surface area (Å²) in [7, 11) is 0. The number of aliphatic imine (C=N–C) groups is 2. The first-order chi connectivity index (χ1) is 23.3. The Morgan fingerprint density at radius 3 is 2.64 bits per heavy atom. The number of hydrogen-bond donors (Lipinski definition) is 2. The highest BCUT2D eigenvalue weighted by Crippen LogP contribution is 2.53. The average molecular weight is 639 g/mol. The van der Waals surface area contributed by atoms with Crippen LogP contribution in [0.2, 0.25) is 0 Å². The zero-order valence-electron chi connectivity index (χ0n) is 23.8. The maximum Gasteiger partial charge on any atom is 0.249 e. The number of nitrogens with zero attached hydrogens (tertiary/aromatic N) is 10. The number of benzene rings is 2. The van der Waals surface area contributed by atoms with Crippen LogP contribution in [0.3, 0.4) is 0 Å². The predicted molar refractivity (Wildman–Crippen MR) is 170 cm³/mol. The number of anilines is 2. The lowest BCUT2D eigenvalue weighted by Gasteiger charge is -2.51. The van der Waals surface area contributed by atoms with Crippen molar-refractivity contribution in [2.24, 2.45) is 9.98 Å². The van der Waals surface area contributed by atoms with E-state index in [9.17, 15) is 0 Å². The lowest BCUT2D eigenvalue weighted by atomic mass is 9.91. The fourth-order valence-corrected chi connectivity index (χ4v) is 6.84. The molecule has 10 rings (SSSR count). The summed E-state index contributed by atoms with van der Waals surface area (Å²) in [6, 6.07) is 21.5. The summed E-state index contributed by atoms with van der Waals surface area (Å²) in [4.78, 5) is 22.5. The maximum absolute atomic E-state index is 6.33. The van der Waals surface area contributed by atoms with Crippen LogP contribution in [-0.4, -0.2) is 51.7 Å². The molecule has 0 fully saturated rings. The van der Waals surface area contributed by atoms with Gasteiger partial charge in [-0.05, 0) is 35.8 Å². The van der Waals surface area contributed by atoms with Gasteiger partial charge in [0.15, 0.2) is 29.4 Å². The quantitative estimate of drug-likeness (QED) is 0.241. The van der Waals surface area contributed by atoms with Crippen molar-refractivity contribution in [1.29, 1.82) is 0 Å². The van der Waals surface area contributed by atoms with E-state index in [0.717, 1.165) is 21.8 Å². The molecule has 0 spiro atoms. The molecule has 2 aliphatic heterocycles. The number of H-pyrrole nitrogens is 2. The van der Waals surface area contributed by atoms with Crippen LogP contribution < -0.4 is 9.80 Å². The van der Waals surface area contributed by atoms with E-state index in [2.05, 4.69) is 25.6 Å². The Kier molecular flexibility index (Phi) is 5.27. The van der Waals surface area contributed by atoms with Crippen LogP contribution in [0.25, 0.3) is 27.5 Å². The van der Waals surface area contributed by atoms with Crippen molar-refractivity contribution >= 4 is 62.3 Å². The molecule has 0 aliphatic carbocycles. The predicted octanol–water partition coefficient (Wildman–Crippen LogP) is 5.32. The minimum atomic E-state index is -1.52. The second-order valence-corrected chi connectivity index (χ2v) is 11.3. The number of amidine groups is 2. The fourth-order valence-electron chi connectivity index (χ4n) is 6.33. The van der Waals surface area contributed by atoms with Gasteiger partial charge < -0.3 is 18.4 Å². The van der Waals surface area contributed by atoms with E-state index in [1.54, 1.807) is 12.3 Å². The van der Waals surface area contributed by atoms with Crippen molar-refractivity contribution in [3.8, 4) is 0 Å². The molecule has 0 saturated heterocycles. The number of aromatic amines is 2. The molecule has 0 amide bonds. The monoisotopic (exact) mass is 638 g/mol. The smallest absolute Gasteiger partial charge is 0.249 e. The average Bonchev–Trinajstić information content (AvgIpc) is 3.96. The van der Waals surface area contributed by atoms with Crippen molar-refractivity contribution in [1.82, 2.24) is 40.1 Å². The van der Waals surface area contributed by atoms with Gasteiger partial charge in [-0.15, -0.1) is 5.10 Å². The topological polar surface area (TPSA) is 180 Å². The van der Waals surface area contributed by atoms with Crippen LogP contribution >= 0.6 is 11.5 Å². The SMILES string of the molecule is c1ccc2[nH]c(N3C4=NC(c5conn5)=NC4=C(c4ccsn4)N(c4ccon4)C3(c3ncco3)c3[nH]nc4ccccc34)cc2c1. The van der Waals surface area contributed by atoms with Crippen molar-refractivity contribution in [3.05, 3.63) is 126 Å². The van der Waals surface area contributed by atoms with Crippen molar-refractivity contribution in [2.45, 2.75) is 5.66 Å². The molecule has 2 aliphatic rings. The summed E-state index contributed by atoms with van der Waals surface area (Å²) in [5.41, 5.74) is 2.75. The van der Waals surface area contributed by atoms with E-state index in [1.807, 2.05) is 75.8 Å². The Hall–Kier alpha value is -6.68. The van der Waals surface area contributed by atoms with Crippen LogP contribution in [0, 0.1) is 0 Å². The largest absolute Gasteiger partial charge is 0.445 e. The normalized spacial score (nSPS) is 18.0. The van der Waals surface area contributed by atoms with Gasteiger partial charge in [0.1, 0.15) is 35.4 Å². The Morgan fingerprint density at radius 2 is 1.83 bits per heavy atom. The van der Waals surface area contributed by atoms with E-state index in [0.29, 0.717) is 51.8 Å². The highest BCUT2D eigenvalue weighted by molar-refractivity contribution is 7.03. The third-order valence-electron chi connectivity index (χ3n) is 8.17. The zero-order chi connectivity index (χ0) is 31.0. The molecule has 0 radical (unpaired) electrons. The molecule has 6 aromatic heterocycles. The van der Waals surface area contributed by atoms with Gasteiger partial charge in [0, 0.05) is 33.0 Å². The molecule has 226 valence electrons. The molecule has 16 heteroatoms. The summed E-state index contributed by atoms with van der Waals surface area (Å²) in [6.45, 7) is 0. The molecule has 0 saturated carbocycles. The fraction of sp³-hybridized carbons (Fsp3) is 0.0323. The van der Waals surface area contributed by atoms with Crippen LogP contribution in [0.4, 0.5) is 11.6 Å². The van der Waals surface area contributed by atoms with Crippen molar-refractivity contribution < 1.29 is 13.5 Å². The van der Waals surface area contributed by atoms with E-state index >= 15 is 0 Å². The third kappa shape index (κ3) is 3.54. The highest BCUT2D eigenvalue weighted by Gasteiger charge is 2.61. The van der Waals surface area contributed by atoms with E-state index in [-0.39, 0.29) is 5.89 Å². The van der Waals surface area contributed by atoms with Gasteiger partial charge in [-0.2, -0.15) is 9.47 Å². The van der Waals surface area contributed by atoms with Crippen LogP contribution in [0.15, 0.2) is 126 Å². The van der Waals surface area contributed by atoms with Crippen molar-refractivity contribution in [3.63, 3.8) is 0 Å². The number of hydrogen-bond acceptors (Lipinski definition) is 14. The second kappa shape index (κ2) is 9.66. The lowest BCUT2D eigenvalue weighted by Crippen LogP contribution is -2.64. The highest BCUT2D eigenvalue weighted by atomic mass is 32.1. The number of aromatic nitrogens is 8. The minimum Gasteiger partial charge on any atom is -0.445 e. The molecule has 2 aromatic carbocycles. The molecular formula is C31H18N12O3S. The second-order valence-electron chi connectivity index (χ2n) is 10.6. The lowest BCUT2D eigenvalue weighted by molar-refractivity contribution is 0.363. The van der Waals surface area contributed by atoms with Gasteiger partial charge in [-0.1, -0.05) is 41.6 Å². The molecule has 47 heavy (non-hydrogen) atoms. The number of oxazole rings is 1. The zero-order valence-corrected chi connectivity index (χ0v) is 24.7. The summed E-state index contributed by atoms with van der Waals surface area (Å²) < 4.78 is 21.7. The maximum atomic E-state index is 6.33. The number of fused-ring (bicyclic) bond motifs is 3. The first-order valence-corrected chi connectivity index (χ1v) is 15.2. The molecule has 2 N–H and O–H groups in total. The van der Waals surface area contributed by atoms with Crippen LogP contribution in [0.1, 0.15) is 23.0 Å². The van der Waals surface area contributed by atoms with Gasteiger partial charge in [0.2, 0.25) is 11.6 Å². The standard InChI is InChI=1S/C31H18N12O3S/c1-3-7-19-17(5-1)15-24(33-19)43-29-25(34-28(35-29)22-16-46-41-37-22)26(21-10-14-47-40-21)42(23-9-12-45-39-23)31(43,30-32-11-13-44-30)27-18-6-2-4-8-20(18)36-38-27/h1-16,33H,(H,36,38). The molecule has 8 aromatic rings. The van der Waals surface area contributed by atoms with Crippen LogP contribution in [-0.2, 0) is 5.66 Å². The van der Waals surface area contributed by atoms with Gasteiger partial charge in [0.05, 0.1) is 17.4 Å². The van der Waals surface area contributed by atoms with Gasteiger partial charge in [-0.3, -0.25) is 14.9 Å². The minimum absolute atomic E-state index is 0.277. The Morgan fingerprint density at radius 1 is 0.894 bits per heavy atom. The van der Waals surface area contributed by atoms with E-state index in [1.165, 1.54) is 30.3 Å². The first kappa shape index (κ1) is 25.6. The van der Waals surface area contributed by atoms with Gasteiger partial charge in [0.25, 0.3) is 0 Å². The summed E-state index contributed by atoms with van der Waals surface area (Å²) in [5, 5.41) is 24.0. The van der Waals surface area contributed by atoms with E-state index < -0.39 is 5.66 Å². The number of para-hydroxylation sites is 2. The molecule has 1 atom stereocenters. The van der Waals surface area contributed by atoms with Crippen molar-refractivity contribution in [2.75, 3.05) is 9.80 Å². The molecule has 1 unspecified atom stereocenters. The summed E-state index contributed by atoms with van der Waals surface area (Å²) >= 11 is 1.30. The number of nitrogens with one attached hydrogen (secondary N) is 2.